The van der Waals surface area contributed by atoms with Gasteiger partial charge >= 0.3 is 0 Å². The Balaban J connectivity index is 2.46. The van der Waals surface area contributed by atoms with Gasteiger partial charge in [0.05, 0.1) is 12.8 Å². The molecule has 1 amide bonds. The lowest BCUT2D eigenvalue weighted by Gasteiger charge is -2.21. The molecule has 4 N–H and O–H groups in total. The molecular formula is C12H17N3O5S. The number of ether oxygens (including phenoxy) is 2. The van der Waals surface area contributed by atoms with Gasteiger partial charge in [-0.15, -0.1) is 0 Å². The third kappa shape index (κ3) is 3.26. The van der Waals surface area contributed by atoms with Gasteiger partial charge < -0.3 is 20.5 Å². The third-order valence-corrected chi connectivity index (χ3v) is 4.51. The van der Waals surface area contributed by atoms with E-state index in [-0.39, 0.29) is 35.5 Å². The van der Waals surface area contributed by atoms with E-state index in [2.05, 4.69) is 10.0 Å². The van der Waals surface area contributed by atoms with Gasteiger partial charge in [0.2, 0.25) is 10.0 Å². The van der Waals surface area contributed by atoms with E-state index in [0.717, 1.165) is 0 Å². The number of benzene rings is 1. The predicted octanol–water partition coefficient (Wildman–Crippen LogP) is -0.348. The molecule has 0 fully saturated rings. The first kappa shape index (κ1) is 15.5. The molecule has 1 aromatic carbocycles. The molecule has 0 aromatic heterocycles. The van der Waals surface area contributed by atoms with Gasteiger partial charge in [-0.05, 0) is 6.92 Å². The molecule has 1 aliphatic heterocycles. The highest BCUT2D eigenvalue weighted by atomic mass is 32.2. The molecule has 0 unspecified atom stereocenters. The van der Waals surface area contributed by atoms with Crippen LogP contribution in [-0.4, -0.2) is 40.6 Å². The Labute approximate surface area is 122 Å². The van der Waals surface area contributed by atoms with Gasteiger partial charge in [0.25, 0.3) is 5.91 Å². The summed E-state index contributed by atoms with van der Waals surface area (Å²) in [6, 6.07) is 2.31. The Morgan fingerprint density at radius 1 is 1.52 bits per heavy atom. The van der Waals surface area contributed by atoms with E-state index in [1.54, 1.807) is 6.92 Å². The van der Waals surface area contributed by atoms with Crippen molar-refractivity contribution in [3.63, 3.8) is 0 Å². The van der Waals surface area contributed by atoms with Crippen LogP contribution in [0.15, 0.2) is 17.0 Å². The van der Waals surface area contributed by atoms with Crippen molar-refractivity contribution in [1.29, 1.82) is 0 Å². The highest BCUT2D eigenvalue weighted by Crippen LogP contribution is 2.37. The van der Waals surface area contributed by atoms with Gasteiger partial charge in [0, 0.05) is 24.7 Å². The molecule has 1 atom stereocenters. The third-order valence-electron chi connectivity index (χ3n) is 2.90. The predicted molar refractivity (Wildman–Crippen MR) is 76.0 cm³/mol. The van der Waals surface area contributed by atoms with Crippen molar-refractivity contribution >= 4 is 21.6 Å². The molecular weight excluding hydrogens is 298 g/mol. The molecule has 0 bridgehead atoms. The zero-order chi connectivity index (χ0) is 15.6. The second-order valence-electron chi connectivity index (χ2n) is 4.59. The van der Waals surface area contributed by atoms with Crippen molar-refractivity contribution in [2.45, 2.75) is 17.9 Å². The number of nitrogens with one attached hydrogen (secondary N) is 2. The van der Waals surface area contributed by atoms with Gasteiger partial charge in [0.15, 0.2) is 6.61 Å². The molecule has 0 radical (unpaired) electrons. The number of hydrogen-bond donors (Lipinski definition) is 3. The van der Waals surface area contributed by atoms with Crippen LogP contribution >= 0.6 is 0 Å². The van der Waals surface area contributed by atoms with Gasteiger partial charge in [-0.3, -0.25) is 4.79 Å². The van der Waals surface area contributed by atoms with Crippen LogP contribution in [0.2, 0.25) is 0 Å². The van der Waals surface area contributed by atoms with Crippen LogP contribution < -0.4 is 25.2 Å². The maximum Gasteiger partial charge on any atom is 0.262 e. The first-order chi connectivity index (χ1) is 9.87. The van der Waals surface area contributed by atoms with Crippen molar-refractivity contribution < 1.29 is 22.7 Å². The first-order valence-electron chi connectivity index (χ1n) is 6.24. The minimum absolute atomic E-state index is 0.0693. The summed E-state index contributed by atoms with van der Waals surface area (Å²) in [5, 5.41) is 2.59. The Bertz CT molecular complexity index is 659. The number of nitrogens with two attached hydrogens (primary N) is 1. The molecule has 1 heterocycles. The van der Waals surface area contributed by atoms with Crippen LogP contribution in [0.5, 0.6) is 11.5 Å². The molecule has 116 valence electrons. The number of hydrogen-bond acceptors (Lipinski definition) is 6. The summed E-state index contributed by atoms with van der Waals surface area (Å²) in [4.78, 5) is 11.2. The van der Waals surface area contributed by atoms with Crippen LogP contribution in [-0.2, 0) is 14.8 Å². The maximum absolute atomic E-state index is 12.3. The molecule has 8 nitrogen and oxygen atoms in total. The summed E-state index contributed by atoms with van der Waals surface area (Å²) < 4.78 is 37.4. The Hall–Kier alpha value is -1.84. The van der Waals surface area contributed by atoms with Crippen molar-refractivity contribution in [2.24, 2.45) is 5.73 Å². The van der Waals surface area contributed by atoms with Crippen molar-refractivity contribution in [3.8, 4) is 11.5 Å². The van der Waals surface area contributed by atoms with Crippen LogP contribution in [0.4, 0.5) is 5.69 Å². The van der Waals surface area contributed by atoms with Crippen LogP contribution in [0.25, 0.3) is 0 Å². The summed E-state index contributed by atoms with van der Waals surface area (Å²) in [7, 11) is -2.46. The fraction of sp³-hybridized carbons (Fsp3) is 0.417. The molecule has 0 saturated carbocycles. The standard InChI is InChI=1S/C12H17N3O5S/c1-7(5-13)15-21(17,18)11-4-9-8(3-10(11)19-2)14-12(16)6-20-9/h3-4,7,15H,5-6,13H2,1-2H3,(H,14,16)/t7-/m1/s1. The van der Waals surface area contributed by atoms with E-state index in [9.17, 15) is 13.2 Å². The Morgan fingerprint density at radius 2 is 2.24 bits per heavy atom. The lowest BCUT2D eigenvalue weighted by Crippen LogP contribution is -2.38. The largest absolute Gasteiger partial charge is 0.495 e. The van der Waals surface area contributed by atoms with E-state index in [4.69, 9.17) is 15.2 Å². The van der Waals surface area contributed by atoms with Gasteiger partial charge in [-0.1, -0.05) is 0 Å². The smallest absolute Gasteiger partial charge is 0.262 e. The average molecular weight is 315 g/mol. The highest BCUT2D eigenvalue weighted by Gasteiger charge is 2.26. The lowest BCUT2D eigenvalue weighted by molar-refractivity contribution is -0.118. The van der Waals surface area contributed by atoms with Crippen molar-refractivity contribution in [3.05, 3.63) is 12.1 Å². The Morgan fingerprint density at radius 3 is 2.86 bits per heavy atom. The number of sulfonamides is 1. The zero-order valence-corrected chi connectivity index (χ0v) is 12.5. The summed E-state index contributed by atoms with van der Waals surface area (Å²) in [6.45, 7) is 1.66. The highest BCUT2D eigenvalue weighted by molar-refractivity contribution is 7.89. The number of rotatable bonds is 5. The molecule has 0 spiro atoms. The average Bonchev–Trinajstić information content (AvgIpc) is 2.45. The number of methoxy groups -OCH3 is 1. The van der Waals surface area contributed by atoms with Gasteiger partial charge in [-0.25, -0.2) is 13.1 Å². The minimum Gasteiger partial charge on any atom is -0.495 e. The zero-order valence-electron chi connectivity index (χ0n) is 11.7. The van der Waals surface area contributed by atoms with Gasteiger partial charge in [-0.2, -0.15) is 0 Å². The van der Waals surface area contributed by atoms with E-state index in [1.807, 2.05) is 0 Å². The summed E-state index contributed by atoms with van der Waals surface area (Å²) in [5.74, 6) is 0.0717. The second kappa shape index (κ2) is 5.88. The van der Waals surface area contributed by atoms with Crippen LogP contribution in [0.1, 0.15) is 6.92 Å². The SMILES string of the molecule is COc1cc2c(cc1S(=O)(=O)N[C@H](C)CN)OCC(=O)N2. The fourth-order valence-corrected chi connectivity index (χ4v) is 3.26. The summed E-state index contributed by atoms with van der Waals surface area (Å²) in [6.07, 6.45) is 0. The quantitative estimate of drug-likeness (QED) is 0.683. The molecule has 1 aromatic rings. The van der Waals surface area contributed by atoms with Gasteiger partial charge in [0.1, 0.15) is 16.4 Å². The van der Waals surface area contributed by atoms with E-state index in [0.29, 0.717) is 5.69 Å². The van der Waals surface area contributed by atoms with E-state index < -0.39 is 16.1 Å². The molecule has 21 heavy (non-hydrogen) atoms. The lowest BCUT2D eigenvalue weighted by atomic mass is 10.2. The van der Waals surface area contributed by atoms with E-state index in [1.165, 1.54) is 19.2 Å². The summed E-state index contributed by atoms with van der Waals surface area (Å²) in [5.41, 5.74) is 5.79. The van der Waals surface area contributed by atoms with Crippen molar-refractivity contribution in [2.75, 3.05) is 25.6 Å². The normalized spacial score (nSPS) is 15.7. The number of amides is 1. The summed E-state index contributed by atoms with van der Waals surface area (Å²) >= 11 is 0. The molecule has 9 heteroatoms. The van der Waals surface area contributed by atoms with Crippen molar-refractivity contribution in [1.82, 2.24) is 4.72 Å². The van der Waals surface area contributed by atoms with Crippen LogP contribution in [0, 0.1) is 0 Å². The van der Waals surface area contributed by atoms with E-state index >= 15 is 0 Å². The topological polar surface area (TPSA) is 120 Å². The monoisotopic (exact) mass is 315 g/mol. The second-order valence-corrected chi connectivity index (χ2v) is 6.28. The molecule has 0 saturated heterocycles. The first-order valence-corrected chi connectivity index (χ1v) is 7.72. The molecule has 2 rings (SSSR count). The minimum atomic E-state index is -3.81. The van der Waals surface area contributed by atoms with Crippen LogP contribution in [0.3, 0.4) is 0 Å². The number of anilines is 1. The number of fused-ring (bicyclic) bond motifs is 1. The number of carbonyl (C=O) groups excluding carboxylic acids is 1. The number of carbonyl (C=O) groups is 1. The maximum atomic E-state index is 12.3. The Kier molecular flexibility index (Phi) is 4.35. The fourth-order valence-electron chi connectivity index (χ4n) is 1.83. The molecule has 0 aliphatic carbocycles. The molecule has 1 aliphatic rings.